The van der Waals surface area contributed by atoms with Crippen LogP contribution in [0.15, 0.2) is 42.9 Å². The van der Waals surface area contributed by atoms with Crippen LogP contribution in [0.5, 0.6) is 0 Å². The molecular formula is C18H18N6O2. The quantitative estimate of drug-likeness (QED) is 0.774. The van der Waals surface area contributed by atoms with E-state index in [1.165, 1.54) is 0 Å². The summed E-state index contributed by atoms with van der Waals surface area (Å²) in [5, 5.41) is 10.6. The minimum Gasteiger partial charge on any atom is -0.331 e. The van der Waals surface area contributed by atoms with Crippen molar-refractivity contribution in [3.8, 4) is 11.3 Å². The van der Waals surface area contributed by atoms with Crippen LogP contribution in [0, 0.1) is 0 Å². The Labute approximate surface area is 149 Å². The average molecular weight is 350 g/mol. The molecule has 1 fully saturated rings. The number of aromatic nitrogens is 4. The van der Waals surface area contributed by atoms with Crippen LogP contribution in [0.2, 0.25) is 0 Å². The number of benzene rings is 1. The Morgan fingerprint density at radius 1 is 1.27 bits per heavy atom. The lowest BCUT2D eigenvalue weighted by molar-refractivity contribution is -0.134. The lowest BCUT2D eigenvalue weighted by atomic mass is 10.1. The van der Waals surface area contributed by atoms with Gasteiger partial charge in [-0.25, -0.2) is 4.98 Å². The van der Waals surface area contributed by atoms with Gasteiger partial charge in [0.1, 0.15) is 6.04 Å². The van der Waals surface area contributed by atoms with Gasteiger partial charge in [-0.1, -0.05) is 12.1 Å². The number of nitrogens with zero attached hydrogens (tertiary/aromatic N) is 5. The van der Waals surface area contributed by atoms with E-state index in [1.807, 2.05) is 30.5 Å². The second-order valence-corrected chi connectivity index (χ2v) is 6.28. The van der Waals surface area contributed by atoms with Crippen molar-refractivity contribution in [1.82, 2.24) is 24.5 Å². The van der Waals surface area contributed by atoms with E-state index in [-0.39, 0.29) is 11.8 Å². The zero-order valence-electron chi connectivity index (χ0n) is 14.3. The number of nitrogens with one attached hydrogen (secondary N) is 1. The SMILES string of the molecule is CC(C(=O)Nc1ccc(-c2cn3ccnnc3n2)cc1)N1CCCC1=O. The highest BCUT2D eigenvalue weighted by atomic mass is 16.2. The van der Waals surface area contributed by atoms with Crippen LogP contribution < -0.4 is 5.32 Å². The second kappa shape index (κ2) is 6.55. The molecule has 1 aromatic carbocycles. The van der Waals surface area contributed by atoms with Gasteiger partial charge in [-0.15, -0.1) is 5.10 Å². The first-order chi connectivity index (χ1) is 12.6. The third-order valence-electron chi connectivity index (χ3n) is 4.56. The molecular weight excluding hydrogens is 332 g/mol. The number of amides is 2. The maximum atomic E-state index is 12.4. The number of hydrogen-bond acceptors (Lipinski definition) is 5. The number of anilines is 1. The molecule has 3 heterocycles. The van der Waals surface area contributed by atoms with Crippen LogP contribution in [0.4, 0.5) is 5.69 Å². The maximum Gasteiger partial charge on any atom is 0.254 e. The number of rotatable bonds is 4. The number of likely N-dealkylation sites (tertiary alicyclic amines) is 1. The van der Waals surface area contributed by atoms with Gasteiger partial charge < -0.3 is 10.2 Å². The Hall–Kier alpha value is -3.29. The molecule has 2 amide bonds. The third-order valence-corrected chi connectivity index (χ3v) is 4.56. The minimum atomic E-state index is -0.471. The zero-order valence-corrected chi connectivity index (χ0v) is 14.3. The summed E-state index contributed by atoms with van der Waals surface area (Å²) in [5.74, 6) is 0.387. The maximum absolute atomic E-state index is 12.4. The highest BCUT2D eigenvalue weighted by Crippen LogP contribution is 2.21. The minimum absolute atomic E-state index is 0.0398. The first-order valence-corrected chi connectivity index (χ1v) is 8.49. The van der Waals surface area contributed by atoms with Gasteiger partial charge in [0.05, 0.1) is 11.9 Å². The van der Waals surface area contributed by atoms with Crippen LogP contribution in [0.1, 0.15) is 19.8 Å². The number of carbonyl (C=O) groups is 2. The average Bonchev–Trinajstić information content (AvgIpc) is 3.27. The Kier molecular flexibility index (Phi) is 4.08. The number of imidazole rings is 1. The van der Waals surface area contributed by atoms with E-state index in [0.29, 0.717) is 24.4 Å². The molecule has 2 aromatic heterocycles. The van der Waals surface area contributed by atoms with Crippen molar-refractivity contribution in [2.75, 3.05) is 11.9 Å². The molecule has 1 atom stereocenters. The van der Waals surface area contributed by atoms with Crippen molar-refractivity contribution in [2.45, 2.75) is 25.8 Å². The zero-order chi connectivity index (χ0) is 18.1. The highest BCUT2D eigenvalue weighted by Gasteiger charge is 2.29. The van der Waals surface area contributed by atoms with E-state index in [9.17, 15) is 9.59 Å². The molecule has 0 aliphatic carbocycles. The largest absolute Gasteiger partial charge is 0.331 e. The van der Waals surface area contributed by atoms with Gasteiger partial charge in [-0.3, -0.25) is 14.0 Å². The number of fused-ring (bicyclic) bond motifs is 1. The molecule has 132 valence electrons. The molecule has 26 heavy (non-hydrogen) atoms. The number of hydrogen-bond donors (Lipinski definition) is 1. The predicted molar refractivity (Wildman–Crippen MR) is 95.3 cm³/mol. The summed E-state index contributed by atoms with van der Waals surface area (Å²) < 4.78 is 1.80. The van der Waals surface area contributed by atoms with E-state index in [2.05, 4.69) is 20.5 Å². The lowest BCUT2D eigenvalue weighted by Crippen LogP contribution is -2.42. The molecule has 4 rings (SSSR count). The molecule has 8 nitrogen and oxygen atoms in total. The Morgan fingerprint density at radius 2 is 2.08 bits per heavy atom. The van der Waals surface area contributed by atoms with Crippen molar-refractivity contribution >= 4 is 23.3 Å². The van der Waals surface area contributed by atoms with E-state index >= 15 is 0 Å². The van der Waals surface area contributed by atoms with Crippen molar-refractivity contribution in [2.24, 2.45) is 0 Å². The van der Waals surface area contributed by atoms with Crippen molar-refractivity contribution in [1.29, 1.82) is 0 Å². The van der Waals surface area contributed by atoms with E-state index < -0.39 is 6.04 Å². The van der Waals surface area contributed by atoms with Crippen molar-refractivity contribution in [3.05, 3.63) is 42.9 Å². The van der Waals surface area contributed by atoms with Crippen LogP contribution in [-0.2, 0) is 9.59 Å². The van der Waals surface area contributed by atoms with E-state index in [4.69, 9.17) is 0 Å². The molecule has 1 saturated heterocycles. The molecule has 1 N–H and O–H groups in total. The topological polar surface area (TPSA) is 92.5 Å². The molecule has 1 aliphatic rings. The molecule has 8 heteroatoms. The molecule has 0 spiro atoms. The lowest BCUT2D eigenvalue weighted by Gasteiger charge is -2.23. The molecule has 1 unspecified atom stereocenters. The fourth-order valence-corrected chi connectivity index (χ4v) is 3.08. The van der Waals surface area contributed by atoms with Gasteiger partial charge in [0, 0.05) is 36.6 Å². The predicted octanol–water partition coefficient (Wildman–Crippen LogP) is 1.74. The second-order valence-electron chi connectivity index (χ2n) is 6.28. The van der Waals surface area contributed by atoms with Gasteiger partial charge in [0.2, 0.25) is 11.8 Å². The summed E-state index contributed by atoms with van der Waals surface area (Å²) in [4.78, 5) is 30.2. The normalized spacial score (nSPS) is 15.4. The van der Waals surface area contributed by atoms with Crippen molar-refractivity contribution < 1.29 is 9.59 Å². The van der Waals surface area contributed by atoms with Crippen LogP contribution in [0.25, 0.3) is 17.0 Å². The molecule has 3 aromatic rings. The Balaban J connectivity index is 1.47. The summed E-state index contributed by atoms with van der Waals surface area (Å²) in [6.07, 6.45) is 6.60. The third kappa shape index (κ3) is 3.01. The fraction of sp³-hybridized carbons (Fsp3) is 0.278. The standard InChI is InChI=1S/C18H18N6O2/c1-12(24-9-2-3-16(24)25)17(26)20-14-6-4-13(5-7-14)15-11-23-10-8-19-22-18(23)21-15/h4-8,10-12H,2-3,9H2,1H3,(H,20,26). The Bertz CT molecular complexity index is 932. The highest BCUT2D eigenvalue weighted by molar-refractivity contribution is 5.97. The first kappa shape index (κ1) is 16.2. The van der Waals surface area contributed by atoms with Gasteiger partial charge in [-0.05, 0) is 25.5 Å². The van der Waals surface area contributed by atoms with E-state index in [1.54, 1.807) is 28.6 Å². The summed E-state index contributed by atoms with van der Waals surface area (Å²) in [6.45, 7) is 2.40. The summed E-state index contributed by atoms with van der Waals surface area (Å²) in [5.41, 5.74) is 2.37. The first-order valence-electron chi connectivity index (χ1n) is 8.49. The van der Waals surface area contributed by atoms with Crippen LogP contribution >= 0.6 is 0 Å². The summed E-state index contributed by atoms with van der Waals surface area (Å²) >= 11 is 0. The molecule has 0 saturated carbocycles. The van der Waals surface area contributed by atoms with Crippen molar-refractivity contribution in [3.63, 3.8) is 0 Å². The smallest absolute Gasteiger partial charge is 0.254 e. The van der Waals surface area contributed by atoms with E-state index in [0.717, 1.165) is 17.7 Å². The van der Waals surface area contributed by atoms with Gasteiger partial charge in [0.25, 0.3) is 5.78 Å². The summed E-state index contributed by atoms with van der Waals surface area (Å²) in [7, 11) is 0. The van der Waals surface area contributed by atoms with Gasteiger partial charge in [-0.2, -0.15) is 5.10 Å². The fourth-order valence-electron chi connectivity index (χ4n) is 3.08. The molecule has 1 aliphatic heterocycles. The summed E-state index contributed by atoms with van der Waals surface area (Å²) in [6, 6.07) is 6.94. The van der Waals surface area contributed by atoms with Gasteiger partial charge in [0.15, 0.2) is 0 Å². The van der Waals surface area contributed by atoms with Crippen LogP contribution in [0.3, 0.4) is 0 Å². The monoisotopic (exact) mass is 350 g/mol. The number of carbonyl (C=O) groups excluding carboxylic acids is 2. The van der Waals surface area contributed by atoms with Gasteiger partial charge >= 0.3 is 0 Å². The Morgan fingerprint density at radius 3 is 2.77 bits per heavy atom. The van der Waals surface area contributed by atoms with Crippen LogP contribution in [-0.4, -0.2) is 48.9 Å². The molecule has 0 radical (unpaired) electrons. The molecule has 0 bridgehead atoms.